The lowest BCUT2D eigenvalue weighted by Gasteiger charge is -2.32. The van der Waals surface area contributed by atoms with Gasteiger partial charge in [0, 0.05) is 30.9 Å². The second-order valence-corrected chi connectivity index (χ2v) is 7.15. The van der Waals surface area contributed by atoms with E-state index in [1.165, 1.54) is 0 Å². The summed E-state index contributed by atoms with van der Waals surface area (Å²) in [7, 11) is -0.430. The third-order valence-electron chi connectivity index (χ3n) is 4.93. The van der Waals surface area contributed by atoms with Crippen LogP contribution in [0.2, 0.25) is 0 Å². The summed E-state index contributed by atoms with van der Waals surface area (Å²) in [6.45, 7) is 10.1. The van der Waals surface area contributed by atoms with Gasteiger partial charge < -0.3 is 14.2 Å². The first-order chi connectivity index (χ1) is 10.3. The standard InChI is InChI=1S/C15H24BN3O3/c1-14(2)15(3,4)22-16(21-14)12-9-17-19(10-12)11-13(20)18-7-5-6-8-18/h9-10H,5-8,11H2,1-4H3. The maximum absolute atomic E-state index is 12.2. The first kappa shape index (κ1) is 15.6. The molecular formula is C15H24BN3O3. The topological polar surface area (TPSA) is 56.6 Å². The van der Waals surface area contributed by atoms with E-state index in [4.69, 9.17) is 9.31 Å². The van der Waals surface area contributed by atoms with Gasteiger partial charge in [-0.15, -0.1) is 0 Å². The van der Waals surface area contributed by atoms with Crippen LogP contribution in [0.1, 0.15) is 40.5 Å². The van der Waals surface area contributed by atoms with Crippen LogP contribution in [-0.4, -0.2) is 52.0 Å². The monoisotopic (exact) mass is 305 g/mol. The lowest BCUT2D eigenvalue weighted by Crippen LogP contribution is -2.41. The molecule has 120 valence electrons. The summed E-state index contributed by atoms with van der Waals surface area (Å²) in [5.74, 6) is 0.126. The summed E-state index contributed by atoms with van der Waals surface area (Å²) in [6.07, 6.45) is 5.77. The maximum atomic E-state index is 12.2. The number of nitrogens with zero attached hydrogens (tertiary/aromatic N) is 3. The Morgan fingerprint density at radius 3 is 2.41 bits per heavy atom. The molecule has 6 nitrogen and oxygen atoms in total. The van der Waals surface area contributed by atoms with E-state index in [1.807, 2.05) is 38.8 Å². The van der Waals surface area contributed by atoms with E-state index in [-0.39, 0.29) is 23.7 Å². The predicted octanol–water partition coefficient (Wildman–Crippen LogP) is 0.805. The van der Waals surface area contributed by atoms with E-state index < -0.39 is 7.12 Å². The van der Waals surface area contributed by atoms with Crippen molar-refractivity contribution in [2.45, 2.75) is 58.3 Å². The maximum Gasteiger partial charge on any atom is 0.498 e. The highest BCUT2D eigenvalue weighted by Crippen LogP contribution is 2.36. The molecule has 2 saturated heterocycles. The molecule has 2 aliphatic heterocycles. The number of likely N-dealkylation sites (tertiary alicyclic amines) is 1. The fourth-order valence-electron chi connectivity index (χ4n) is 2.77. The highest BCUT2D eigenvalue weighted by atomic mass is 16.7. The highest BCUT2D eigenvalue weighted by molar-refractivity contribution is 6.62. The first-order valence-corrected chi connectivity index (χ1v) is 7.94. The molecule has 22 heavy (non-hydrogen) atoms. The molecule has 3 rings (SSSR count). The molecule has 0 atom stereocenters. The minimum absolute atomic E-state index is 0.126. The van der Waals surface area contributed by atoms with Gasteiger partial charge in [0.05, 0.1) is 11.2 Å². The Kier molecular flexibility index (Phi) is 3.81. The lowest BCUT2D eigenvalue weighted by atomic mass is 9.82. The van der Waals surface area contributed by atoms with Crippen molar-refractivity contribution in [3.05, 3.63) is 12.4 Å². The van der Waals surface area contributed by atoms with Crippen LogP contribution in [0.25, 0.3) is 0 Å². The van der Waals surface area contributed by atoms with E-state index in [2.05, 4.69) is 5.10 Å². The molecule has 3 heterocycles. The number of amides is 1. The van der Waals surface area contributed by atoms with Crippen molar-refractivity contribution in [2.24, 2.45) is 0 Å². The SMILES string of the molecule is CC1(C)OB(c2cnn(CC(=O)N3CCCC3)c2)OC1(C)C. The summed E-state index contributed by atoms with van der Waals surface area (Å²) >= 11 is 0. The first-order valence-electron chi connectivity index (χ1n) is 7.94. The zero-order valence-electron chi connectivity index (χ0n) is 13.8. The van der Waals surface area contributed by atoms with Crippen molar-refractivity contribution in [2.75, 3.05) is 13.1 Å². The number of hydrogen-bond acceptors (Lipinski definition) is 4. The van der Waals surface area contributed by atoms with Crippen LogP contribution in [0, 0.1) is 0 Å². The molecule has 0 aromatic carbocycles. The van der Waals surface area contributed by atoms with Gasteiger partial charge in [-0.25, -0.2) is 0 Å². The molecule has 0 radical (unpaired) electrons. The predicted molar refractivity (Wildman–Crippen MR) is 83.8 cm³/mol. The zero-order chi connectivity index (χ0) is 16.0. The van der Waals surface area contributed by atoms with Crippen molar-refractivity contribution in [1.29, 1.82) is 0 Å². The van der Waals surface area contributed by atoms with Crippen LogP contribution in [0.5, 0.6) is 0 Å². The van der Waals surface area contributed by atoms with E-state index in [9.17, 15) is 4.79 Å². The van der Waals surface area contributed by atoms with Crippen molar-refractivity contribution >= 4 is 18.5 Å². The Labute approximate surface area is 131 Å². The Bertz CT molecular complexity index is 548. The van der Waals surface area contributed by atoms with Crippen molar-refractivity contribution < 1.29 is 14.1 Å². The second kappa shape index (κ2) is 5.39. The van der Waals surface area contributed by atoms with Crippen LogP contribution < -0.4 is 5.46 Å². The van der Waals surface area contributed by atoms with Crippen LogP contribution >= 0.6 is 0 Å². The number of rotatable bonds is 3. The average molecular weight is 305 g/mol. The number of hydrogen-bond donors (Lipinski definition) is 0. The summed E-state index contributed by atoms with van der Waals surface area (Å²) in [5.41, 5.74) is 0.115. The molecule has 0 bridgehead atoms. The van der Waals surface area contributed by atoms with Gasteiger partial charge in [-0.2, -0.15) is 5.10 Å². The van der Waals surface area contributed by atoms with Gasteiger partial charge in [0.1, 0.15) is 6.54 Å². The fourth-order valence-corrected chi connectivity index (χ4v) is 2.77. The summed E-state index contributed by atoms with van der Waals surface area (Å²) in [5, 5.41) is 4.28. The minimum atomic E-state index is -0.430. The molecule has 1 aromatic heterocycles. The Hall–Kier alpha value is -1.34. The zero-order valence-corrected chi connectivity index (χ0v) is 13.8. The van der Waals surface area contributed by atoms with Gasteiger partial charge in [0.15, 0.2) is 0 Å². The van der Waals surface area contributed by atoms with E-state index in [0.29, 0.717) is 0 Å². The molecule has 0 unspecified atom stereocenters. The van der Waals surface area contributed by atoms with Gasteiger partial charge >= 0.3 is 7.12 Å². The number of carbonyl (C=O) groups excluding carboxylic acids is 1. The molecule has 2 fully saturated rings. The fraction of sp³-hybridized carbons (Fsp3) is 0.733. The van der Waals surface area contributed by atoms with E-state index in [0.717, 1.165) is 31.4 Å². The van der Waals surface area contributed by atoms with Gasteiger partial charge in [-0.1, -0.05) is 0 Å². The Morgan fingerprint density at radius 1 is 1.23 bits per heavy atom. The quantitative estimate of drug-likeness (QED) is 0.775. The molecule has 1 aromatic rings. The van der Waals surface area contributed by atoms with Crippen LogP contribution in [0.15, 0.2) is 12.4 Å². The highest BCUT2D eigenvalue weighted by Gasteiger charge is 2.52. The second-order valence-electron chi connectivity index (χ2n) is 7.15. The molecule has 0 N–H and O–H groups in total. The van der Waals surface area contributed by atoms with E-state index in [1.54, 1.807) is 10.9 Å². The van der Waals surface area contributed by atoms with Crippen molar-refractivity contribution in [1.82, 2.24) is 14.7 Å². The minimum Gasteiger partial charge on any atom is -0.399 e. The average Bonchev–Trinajstić information content (AvgIpc) is 3.11. The largest absolute Gasteiger partial charge is 0.498 e. The van der Waals surface area contributed by atoms with Crippen LogP contribution in [0.3, 0.4) is 0 Å². The Morgan fingerprint density at radius 2 is 1.82 bits per heavy atom. The third kappa shape index (κ3) is 2.79. The van der Waals surface area contributed by atoms with E-state index >= 15 is 0 Å². The molecule has 1 amide bonds. The normalized spacial score (nSPS) is 23.3. The summed E-state index contributed by atoms with van der Waals surface area (Å²) in [6, 6.07) is 0. The molecular weight excluding hydrogens is 281 g/mol. The summed E-state index contributed by atoms with van der Waals surface area (Å²) in [4.78, 5) is 14.1. The molecule has 2 aliphatic rings. The van der Waals surface area contributed by atoms with Gasteiger partial charge in [-0.3, -0.25) is 9.48 Å². The van der Waals surface area contributed by atoms with Gasteiger partial charge in [0.25, 0.3) is 0 Å². The summed E-state index contributed by atoms with van der Waals surface area (Å²) < 4.78 is 13.7. The number of carbonyl (C=O) groups is 1. The van der Waals surface area contributed by atoms with Crippen molar-refractivity contribution in [3.8, 4) is 0 Å². The van der Waals surface area contributed by atoms with Gasteiger partial charge in [0.2, 0.25) is 5.91 Å². The van der Waals surface area contributed by atoms with Gasteiger partial charge in [-0.05, 0) is 40.5 Å². The molecule has 0 saturated carbocycles. The Balaban J connectivity index is 1.66. The van der Waals surface area contributed by atoms with Crippen LogP contribution in [0.4, 0.5) is 0 Å². The smallest absolute Gasteiger partial charge is 0.399 e. The molecule has 0 spiro atoms. The molecule has 0 aliphatic carbocycles. The van der Waals surface area contributed by atoms with Crippen LogP contribution in [-0.2, 0) is 20.6 Å². The number of aromatic nitrogens is 2. The third-order valence-corrected chi connectivity index (χ3v) is 4.93. The molecule has 7 heteroatoms. The lowest BCUT2D eigenvalue weighted by molar-refractivity contribution is -0.130. The van der Waals surface area contributed by atoms with Crippen molar-refractivity contribution in [3.63, 3.8) is 0 Å².